The molecule has 2 saturated heterocycles. The van der Waals surface area contributed by atoms with Gasteiger partial charge in [-0.15, -0.1) is 0 Å². The van der Waals surface area contributed by atoms with Crippen LogP contribution in [0.1, 0.15) is 41.6 Å². The summed E-state index contributed by atoms with van der Waals surface area (Å²) in [6.07, 6.45) is 3.62. The normalized spacial score (nSPS) is 33.2. The van der Waals surface area contributed by atoms with Crippen LogP contribution in [0.25, 0.3) is 0 Å². The molecule has 0 N–H and O–H groups in total. The Labute approximate surface area is 96.3 Å². The highest BCUT2D eigenvalue weighted by Gasteiger charge is 2.47. The molecule has 0 amide bonds. The van der Waals surface area contributed by atoms with Crippen molar-refractivity contribution in [1.29, 1.82) is 0 Å². The van der Waals surface area contributed by atoms with E-state index in [2.05, 4.69) is 24.0 Å². The van der Waals surface area contributed by atoms with Gasteiger partial charge in [-0.25, -0.2) is 0 Å². The van der Waals surface area contributed by atoms with Crippen LogP contribution in [0.4, 0.5) is 0 Å². The molecule has 2 nitrogen and oxygen atoms in total. The lowest BCUT2D eigenvalue weighted by atomic mass is 9.91. The zero-order valence-electron chi connectivity index (χ0n) is 9.60. The molecule has 1 aromatic rings. The molecule has 84 valence electrons. The zero-order valence-corrected chi connectivity index (χ0v) is 9.60. The first kappa shape index (κ1) is 10.0. The van der Waals surface area contributed by atoms with Crippen LogP contribution in [0, 0.1) is 0 Å². The van der Waals surface area contributed by atoms with Crippen molar-refractivity contribution in [3.8, 4) is 0 Å². The lowest BCUT2D eigenvalue weighted by Gasteiger charge is -2.22. The van der Waals surface area contributed by atoms with Crippen molar-refractivity contribution in [1.82, 2.24) is 4.90 Å². The smallest absolute Gasteiger partial charge is 0.150 e. The molecule has 3 rings (SSSR count). The molecule has 0 radical (unpaired) electrons. The lowest BCUT2D eigenvalue weighted by molar-refractivity contribution is 0.112. The second kappa shape index (κ2) is 3.70. The van der Waals surface area contributed by atoms with Gasteiger partial charge in [-0.1, -0.05) is 31.2 Å². The number of aldehydes is 1. The van der Waals surface area contributed by atoms with Crippen molar-refractivity contribution < 1.29 is 4.79 Å². The van der Waals surface area contributed by atoms with Crippen LogP contribution in [-0.2, 0) is 0 Å². The van der Waals surface area contributed by atoms with Gasteiger partial charge in [-0.3, -0.25) is 9.69 Å². The van der Waals surface area contributed by atoms with Crippen LogP contribution in [-0.4, -0.2) is 29.8 Å². The first-order valence-electron chi connectivity index (χ1n) is 6.10. The number of piperidine rings is 1. The highest BCUT2D eigenvalue weighted by molar-refractivity contribution is 5.74. The molecular formula is C14H17NO. The summed E-state index contributed by atoms with van der Waals surface area (Å²) < 4.78 is 0. The topological polar surface area (TPSA) is 20.1 Å². The Kier molecular flexibility index (Phi) is 2.32. The van der Waals surface area contributed by atoms with E-state index in [1.807, 2.05) is 12.1 Å². The fraction of sp³-hybridized carbons (Fsp3) is 0.500. The standard InChI is InChI=1S/C14H17NO/c1-10(14-7-6-13-8-15(13)14)12-4-2-11(9-16)3-5-12/h2-5,9-10,13-14H,6-8H2,1H3/t10-,13+,14+,15?/m1/s1. The van der Waals surface area contributed by atoms with E-state index < -0.39 is 0 Å². The van der Waals surface area contributed by atoms with E-state index >= 15 is 0 Å². The third-order valence-corrected chi connectivity index (χ3v) is 4.15. The average Bonchev–Trinajstić information content (AvgIpc) is 3.00. The summed E-state index contributed by atoms with van der Waals surface area (Å²) in [6.45, 7) is 3.61. The first-order valence-corrected chi connectivity index (χ1v) is 6.10. The molecule has 2 heteroatoms. The Hall–Kier alpha value is -1.15. The maximum atomic E-state index is 10.6. The molecule has 2 aliphatic rings. The quantitative estimate of drug-likeness (QED) is 0.570. The summed E-state index contributed by atoms with van der Waals surface area (Å²) in [5.74, 6) is 0.591. The molecule has 2 aliphatic heterocycles. The van der Waals surface area contributed by atoms with Crippen LogP contribution in [0.3, 0.4) is 0 Å². The van der Waals surface area contributed by atoms with Crippen molar-refractivity contribution in [3.63, 3.8) is 0 Å². The van der Waals surface area contributed by atoms with Crippen LogP contribution in [0.2, 0.25) is 0 Å². The lowest BCUT2D eigenvalue weighted by Crippen LogP contribution is -2.22. The number of nitrogens with zero attached hydrogens (tertiary/aromatic N) is 1. The number of carbonyl (C=O) groups is 1. The van der Waals surface area contributed by atoms with E-state index in [-0.39, 0.29) is 0 Å². The Balaban J connectivity index is 1.77. The summed E-state index contributed by atoms with van der Waals surface area (Å²) >= 11 is 0. The second-order valence-electron chi connectivity index (χ2n) is 5.07. The van der Waals surface area contributed by atoms with Crippen molar-refractivity contribution in [2.45, 2.75) is 37.8 Å². The Bertz CT molecular complexity index is 398. The number of hydrogen-bond acceptors (Lipinski definition) is 2. The van der Waals surface area contributed by atoms with Crippen molar-refractivity contribution >= 4 is 6.29 Å². The Morgan fingerprint density at radius 1 is 1.31 bits per heavy atom. The third-order valence-electron chi connectivity index (χ3n) is 4.15. The average molecular weight is 215 g/mol. The van der Waals surface area contributed by atoms with Crippen molar-refractivity contribution in [2.24, 2.45) is 0 Å². The number of fused-ring (bicyclic) bond motifs is 1. The minimum atomic E-state index is 0.591. The maximum Gasteiger partial charge on any atom is 0.150 e. The maximum absolute atomic E-state index is 10.6. The fourth-order valence-electron chi connectivity index (χ4n) is 3.03. The van der Waals surface area contributed by atoms with Crippen LogP contribution < -0.4 is 0 Å². The molecule has 0 bridgehead atoms. The van der Waals surface area contributed by atoms with E-state index in [9.17, 15) is 4.79 Å². The van der Waals surface area contributed by atoms with Crippen LogP contribution >= 0.6 is 0 Å². The minimum Gasteiger partial charge on any atom is -0.298 e. The summed E-state index contributed by atoms with van der Waals surface area (Å²) in [7, 11) is 0. The molecular weight excluding hydrogens is 198 g/mol. The number of hydrogen-bond donors (Lipinski definition) is 0. The minimum absolute atomic E-state index is 0.591. The molecule has 4 atom stereocenters. The number of benzene rings is 1. The van der Waals surface area contributed by atoms with E-state index in [1.54, 1.807) is 0 Å². The molecule has 0 aromatic heterocycles. The highest BCUT2D eigenvalue weighted by atomic mass is 16.1. The Morgan fingerprint density at radius 2 is 2.06 bits per heavy atom. The van der Waals surface area contributed by atoms with Crippen molar-refractivity contribution in [2.75, 3.05) is 6.54 Å². The largest absolute Gasteiger partial charge is 0.298 e. The molecule has 2 fully saturated rings. The van der Waals surface area contributed by atoms with Gasteiger partial charge in [0, 0.05) is 24.2 Å². The molecule has 2 heterocycles. The highest BCUT2D eigenvalue weighted by Crippen LogP contribution is 2.41. The zero-order chi connectivity index (χ0) is 11.1. The molecule has 0 spiro atoms. The predicted molar refractivity (Wildman–Crippen MR) is 63.8 cm³/mol. The SMILES string of the molecule is C[C@H](c1ccc(C=O)cc1)[C@@H]1CC[C@H]2CN21. The van der Waals surface area contributed by atoms with E-state index in [0.717, 1.165) is 23.9 Å². The summed E-state index contributed by atoms with van der Waals surface area (Å²) in [4.78, 5) is 13.2. The van der Waals surface area contributed by atoms with Gasteiger partial charge < -0.3 is 0 Å². The summed E-state index contributed by atoms with van der Waals surface area (Å²) in [5, 5.41) is 0. The predicted octanol–water partition coefficient (Wildman–Crippen LogP) is 2.45. The molecule has 0 aliphatic carbocycles. The van der Waals surface area contributed by atoms with E-state index in [0.29, 0.717) is 5.92 Å². The van der Waals surface area contributed by atoms with E-state index in [1.165, 1.54) is 24.9 Å². The third kappa shape index (κ3) is 1.57. The van der Waals surface area contributed by atoms with Gasteiger partial charge in [0.15, 0.2) is 0 Å². The van der Waals surface area contributed by atoms with Crippen LogP contribution in [0.5, 0.6) is 0 Å². The van der Waals surface area contributed by atoms with Gasteiger partial charge in [-0.2, -0.15) is 0 Å². The van der Waals surface area contributed by atoms with Gasteiger partial charge in [0.1, 0.15) is 6.29 Å². The van der Waals surface area contributed by atoms with Gasteiger partial charge >= 0.3 is 0 Å². The first-order chi connectivity index (χ1) is 7.79. The molecule has 0 saturated carbocycles. The molecule has 1 unspecified atom stereocenters. The Morgan fingerprint density at radius 3 is 2.56 bits per heavy atom. The van der Waals surface area contributed by atoms with Gasteiger partial charge in [0.05, 0.1) is 0 Å². The van der Waals surface area contributed by atoms with Gasteiger partial charge in [-0.05, 0) is 24.3 Å². The molecule has 1 aromatic carbocycles. The van der Waals surface area contributed by atoms with Crippen molar-refractivity contribution in [3.05, 3.63) is 35.4 Å². The monoisotopic (exact) mass is 215 g/mol. The summed E-state index contributed by atoms with van der Waals surface area (Å²) in [6, 6.07) is 9.67. The van der Waals surface area contributed by atoms with E-state index in [4.69, 9.17) is 0 Å². The van der Waals surface area contributed by atoms with Crippen LogP contribution in [0.15, 0.2) is 24.3 Å². The fourth-order valence-corrected chi connectivity index (χ4v) is 3.03. The molecule has 16 heavy (non-hydrogen) atoms. The number of carbonyl (C=O) groups excluding carboxylic acids is 1. The van der Waals surface area contributed by atoms with Gasteiger partial charge in [0.2, 0.25) is 0 Å². The second-order valence-corrected chi connectivity index (χ2v) is 5.07. The summed E-state index contributed by atoms with van der Waals surface area (Å²) in [5.41, 5.74) is 2.13. The number of rotatable bonds is 3. The van der Waals surface area contributed by atoms with Gasteiger partial charge in [0.25, 0.3) is 0 Å².